The Balaban J connectivity index is 1.58. The molecule has 0 unspecified atom stereocenters. The Morgan fingerprint density at radius 2 is 1.62 bits per heavy atom. The van der Waals surface area contributed by atoms with Crippen molar-refractivity contribution in [3.8, 4) is 0 Å². The number of benzene rings is 2. The van der Waals surface area contributed by atoms with E-state index in [0.29, 0.717) is 16.8 Å². The molecule has 0 aliphatic carbocycles. The van der Waals surface area contributed by atoms with Gasteiger partial charge in [-0.05, 0) is 60.3 Å². The highest BCUT2D eigenvalue weighted by Crippen LogP contribution is 2.13. The summed E-state index contributed by atoms with van der Waals surface area (Å²) < 4.78 is 0. The second-order valence-corrected chi connectivity index (χ2v) is 6.51. The number of carbonyl (C=O) groups is 2. The summed E-state index contributed by atoms with van der Waals surface area (Å²) in [6.45, 7) is 1.99. The zero-order valence-corrected chi connectivity index (χ0v) is 14.9. The van der Waals surface area contributed by atoms with Crippen LogP contribution in [-0.4, -0.2) is 18.0 Å². The van der Waals surface area contributed by atoms with Crippen LogP contribution in [0.25, 0.3) is 0 Å². The molecule has 130 valence electrons. The molecule has 1 aromatic heterocycles. The predicted molar refractivity (Wildman–Crippen MR) is 105 cm³/mol. The minimum atomic E-state index is -0.309. The number of nitrogens with one attached hydrogen (secondary N) is 2. The van der Waals surface area contributed by atoms with Gasteiger partial charge in [0.2, 0.25) is 0 Å². The van der Waals surface area contributed by atoms with Crippen molar-refractivity contribution in [2.24, 2.45) is 5.10 Å². The fraction of sp³-hybridized carbons (Fsp3) is 0.0500. The fourth-order valence-electron chi connectivity index (χ4n) is 2.23. The number of hydrazone groups is 1. The normalized spacial score (nSPS) is 10.7. The number of carbonyl (C=O) groups excluding carboxylic acids is 2. The van der Waals surface area contributed by atoms with E-state index in [9.17, 15) is 9.59 Å². The molecule has 3 rings (SSSR count). The van der Waals surface area contributed by atoms with Crippen LogP contribution in [0, 0.1) is 6.92 Å². The van der Waals surface area contributed by atoms with Crippen molar-refractivity contribution >= 4 is 35.1 Å². The van der Waals surface area contributed by atoms with Gasteiger partial charge in [0.15, 0.2) is 0 Å². The molecule has 3 aromatic rings. The van der Waals surface area contributed by atoms with Crippen molar-refractivity contribution in [1.29, 1.82) is 0 Å². The predicted octanol–water partition coefficient (Wildman–Crippen LogP) is 4.07. The Bertz CT molecular complexity index is 931. The van der Waals surface area contributed by atoms with Gasteiger partial charge in [0.1, 0.15) is 0 Å². The van der Waals surface area contributed by atoms with Crippen LogP contribution < -0.4 is 10.7 Å². The lowest BCUT2D eigenvalue weighted by molar-refractivity contribution is 0.0954. The first-order chi connectivity index (χ1) is 12.6. The van der Waals surface area contributed by atoms with Gasteiger partial charge in [-0.15, -0.1) is 11.3 Å². The molecule has 0 bridgehead atoms. The van der Waals surface area contributed by atoms with Gasteiger partial charge >= 0.3 is 0 Å². The molecule has 0 atom stereocenters. The number of nitrogens with zero attached hydrogens (tertiary/aromatic N) is 1. The largest absolute Gasteiger partial charge is 0.322 e. The zero-order chi connectivity index (χ0) is 18.4. The minimum Gasteiger partial charge on any atom is -0.322 e. The molecule has 1 heterocycles. The van der Waals surface area contributed by atoms with Crippen molar-refractivity contribution in [3.63, 3.8) is 0 Å². The maximum Gasteiger partial charge on any atom is 0.271 e. The third kappa shape index (κ3) is 4.43. The van der Waals surface area contributed by atoms with Crippen LogP contribution in [0.15, 0.2) is 71.1 Å². The molecule has 5 nitrogen and oxygen atoms in total. The Morgan fingerprint density at radius 1 is 0.923 bits per heavy atom. The summed E-state index contributed by atoms with van der Waals surface area (Å²) in [5.41, 5.74) is 5.27. The van der Waals surface area contributed by atoms with Gasteiger partial charge in [0, 0.05) is 21.7 Å². The fourth-order valence-corrected chi connectivity index (χ4v) is 3.01. The molecule has 2 N–H and O–H groups in total. The Morgan fingerprint density at radius 3 is 2.27 bits per heavy atom. The van der Waals surface area contributed by atoms with Crippen LogP contribution in [0.2, 0.25) is 0 Å². The molecule has 0 radical (unpaired) electrons. The first kappa shape index (κ1) is 17.6. The highest BCUT2D eigenvalue weighted by atomic mass is 32.1. The molecule has 2 amide bonds. The highest BCUT2D eigenvalue weighted by Gasteiger charge is 2.07. The molecular weight excluding hydrogens is 346 g/mol. The van der Waals surface area contributed by atoms with Gasteiger partial charge in [-0.1, -0.05) is 18.2 Å². The van der Waals surface area contributed by atoms with E-state index in [-0.39, 0.29) is 11.8 Å². The molecule has 0 aliphatic rings. The third-order valence-electron chi connectivity index (χ3n) is 3.69. The second kappa shape index (κ2) is 8.22. The number of anilines is 1. The molecule has 0 aliphatic heterocycles. The Hall–Kier alpha value is -3.25. The van der Waals surface area contributed by atoms with Crippen molar-refractivity contribution < 1.29 is 9.59 Å². The SMILES string of the molecule is Cc1ccsc1C=NNC(=O)c1ccc(NC(=O)c2ccccc2)cc1. The smallest absolute Gasteiger partial charge is 0.271 e. The lowest BCUT2D eigenvalue weighted by Gasteiger charge is -2.06. The van der Waals surface area contributed by atoms with Crippen LogP contribution in [0.5, 0.6) is 0 Å². The van der Waals surface area contributed by atoms with Crippen LogP contribution in [0.4, 0.5) is 5.69 Å². The molecular formula is C20H17N3O2S. The molecule has 0 saturated heterocycles. The number of hydrogen-bond donors (Lipinski definition) is 2. The molecule has 0 fully saturated rings. The summed E-state index contributed by atoms with van der Waals surface area (Å²) in [5, 5.41) is 8.74. The third-order valence-corrected chi connectivity index (χ3v) is 4.64. The van der Waals surface area contributed by atoms with E-state index in [1.807, 2.05) is 24.4 Å². The van der Waals surface area contributed by atoms with Crippen molar-refractivity contribution in [2.75, 3.05) is 5.32 Å². The van der Waals surface area contributed by atoms with Crippen molar-refractivity contribution in [3.05, 3.63) is 87.6 Å². The average Bonchev–Trinajstić information content (AvgIpc) is 3.08. The Labute approximate surface area is 155 Å². The van der Waals surface area contributed by atoms with Crippen molar-refractivity contribution in [1.82, 2.24) is 5.43 Å². The summed E-state index contributed by atoms with van der Waals surface area (Å²) in [6, 6.07) is 17.6. The topological polar surface area (TPSA) is 70.6 Å². The second-order valence-electron chi connectivity index (χ2n) is 5.56. The maximum absolute atomic E-state index is 12.1. The van der Waals surface area contributed by atoms with Gasteiger partial charge < -0.3 is 5.32 Å². The lowest BCUT2D eigenvalue weighted by atomic mass is 10.2. The average molecular weight is 363 g/mol. The minimum absolute atomic E-state index is 0.196. The number of hydrogen-bond acceptors (Lipinski definition) is 4. The molecule has 0 saturated carbocycles. The van der Waals surface area contributed by atoms with E-state index in [2.05, 4.69) is 15.8 Å². The van der Waals surface area contributed by atoms with E-state index < -0.39 is 0 Å². The number of aryl methyl sites for hydroxylation is 1. The quantitative estimate of drug-likeness (QED) is 0.530. The lowest BCUT2D eigenvalue weighted by Crippen LogP contribution is -2.17. The number of rotatable bonds is 5. The standard InChI is InChI=1S/C20H17N3O2S/c1-14-11-12-26-18(14)13-21-23-20(25)16-7-9-17(10-8-16)22-19(24)15-5-3-2-4-6-15/h2-13H,1H3,(H,22,24)(H,23,25). The summed E-state index contributed by atoms with van der Waals surface area (Å²) in [7, 11) is 0. The van der Waals surface area contributed by atoms with E-state index in [0.717, 1.165) is 10.4 Å². The van der Waals surface area contributed by atoms with Gasteiger partial charge in [-0.25, -0.2) is 5.43 Å². The van der Waals surface area contributed by atoms with Crippen LogP contribution in [0.1, 0.15) is 31.2 Å². The first-order valence-electron chi connectivity index (χ1n) is 7.97. The zero-order valence-electron chi connectivity index (χ0n) is 14.1. The summed E-state index contributed by atoms with van der Waals surface area (Å²) in [5.74, 6) is -0.505. The van der Waals surface area contributed by atoms with Crippen LogP contribution in [0.3, 0.4) is 0 Å². The number of thiophene rings is 1. The number of amides is 2. The van der Waals surface area contributed by atoms with Crippen molar-refractivity contribution in [2.45, 2.75) is 6.92 Å². The van der Waals surface area contributed by atoms with E-state index in [1.54, 1.807) is 66.1 Å². The molecule has 26 heavy (non-hydrogen) atoms. The summed E-state index contributed by atoms with van der Waals surface area (Å²) in [6.07, 6.45) is 1.63. The van der Waals surface area contributed by atoms with Gasteiger partial charge in [-0.3, -0.25) is 9.59 Å². The first-order valence-corrected chi connectivity index (χ1v) is 8.85. The van der Waals surface area contributed by atoms with Crippen LogP contribution >= 0.6 is 11.3 Å². The van der Waals surface area contributed by atoms with Gasteiger partial charge in [0.25, 0.3) is 11.8 Å². The van der Waals surface area contributed by atoms with E-state index >= 15 is 0 Å². The van der Waals surface area contributed by atoms with Crippen LogP contribution in [-0.2, 0) is 0 Å². The molecule has 0 spiro atoms. The van der Waals surface area contributed by atoms with Gasteiger partial charge in [0.05, 0.1) is 6.21 Å². The molecule has 2 aromatic carbocycles. The van der Waals surface area contributed by atoms with E-state index in [1.165, 1.54) is 0 Å². The monoisotopic (exact) mass is 363 g/mol. The summed E-state index contributed by atoms with van der Waals surface area (Å²) >= 11 is 1.56. The van der Waals surface area contributed by atoms with Gasteiger partial charge in [-0.2, -0.15) is 5.10 Å². The summed E-state index contributed by atoms with van der Waals surface area (Å²) in [4.78, 5) is 25.2. The Kier molecular flexibility index (Phi) is 5.56. The maximum atomic E-state index is 12.1. The van der Waals surface area contributed by atoms with E-state index in [4.69, 9.17) is 0 Å². The molecule has 6 heteroatoms. The highest BCUT2D eigenvalue weighted by molar-refractivity contribution is 7.11.